The van der Waals surface area contributed by atoms with Crippen LogP contribution in [0, 0.1) is 0 Å². The Labute approximate surface area is 133 Å². The maximum Gasteiger partial charge on any atom is 0.270 e. The number of carbonyl (C=O) groups excluding carboxylic acids is 1. The zero-order valence-electron chi connectivity index (χ0n) is 11.7. The van der Waals surface area contributed by atoms with Crippen molar-refractivity contribution in [2.45, 2.75) is 13.0 Å². The topological polar surface area (TPSA) is 54.0 Å². The largest absolute Gasteiger partial charge is 0.387 e. The molecule has 0 aliphatic rings. The van der Waals surface area contributed by atoms with E-state index in [0.29, 0.717) is 15.7 Å². The molecule has 1 aromatic heterocycles. The predicted molar refractivity (Wildman–Crippen MR) is 86.1 cm³/mol. The van der Waals surface area contributed by atoms with Gasteiger partial charge in [0.05, 0.1) is 17.9 Å². The van der Waals surface area contributed by atoms with Gasteiger partial charge >= 0.3 is 0 Å². The Balaban J connectivity index is 2.10. The van der Waals surface area contributed by atoms with E-state index >= 15 is 0 Å². The highest BCUT2D eigenvalue weighted by molar-refractivity contribution is 6.35. The van der Waals surface area contributed by atoms with E-state index in [2.05, 4.69) is 15.6 Å². The van der Waals surface area contributed by atoms with E-state index in [-0.39, 0.29) is 11.9 Å². The molecule has 1 heterocycles. The Bertz CT molecular complexity index is 644. The molecule has 2 aromatic rings. The third-order valence-corrected chi connectivity index (χ3v) is 3.62. The monoisotopic (exact) mass is 323 g/mol. The Morgan fingerprint density at radius 2 is 2.00 bits per heavy atom. The maximum atomic E-state index is 12.1. The summed E-state index contributed by atoms with van der Waals surface area (Å²) in [6.45, 7) is 1.86. The van der Waals surface area contributed by atoms with Crippen molar-refractivity contribution in [2.75, 3.05) is 12.4 Å². The fourth-order valence-corrected chi connectivity index (χ4v) is 2.45. The Hall–Kier alpha value is -1.78. The number of hydrogen-bond acceptors (Lipinski definition) is 3. The van der Waals surface area contributed by atoms with Gasteiger partial charge in [-0.25, -0.2) is 4.98 Å². The molecular formula is C15H15Cl2N3O. The van der Waals surface area contributed by atoms with Crippen LogP contribution >= 0.6 is 23.2 Å². The van der Waals surface area contributed by atoms with Gasteiger partial charge in [-0.15, -0.1) is 0 Å². The molecule has 0 aliphatic heterocycles. The molecule has 0 saturated heterocycles. The summed E-state index contributed by atoms with van der Waals surface area (Å²) in [5, 5.41) is 6.89. The fraction of sp³-hybridized carbons (Fsp3) is 0.200. The van der Waals surface area contributed by atoms with Crippen molar-refractivity contribution in [1.29, 1.82) is 0 Å². The maximum absolute atomic E-state index is 12.1. The van der Waals surface area contributed by atoms with Crippen molar-refractivity contribution < 1.29 is 4.79 Å². The molecule has 0 spiro atoms. The van der Waals surface area contributed by atoms with Crippen molar-refractivity contribution in [1.82, 2.24) is 10.3 Å². The number of rotatable bonds is 4. The molecule has 2 rings (SSSR count). The summed E-state index contributed by atoms with van der Waals surface area (Å²) in [5.41, 5.74) is 2.01. The summed E-state index contributed by atoms with van der Waals surface area (Å²) in [4.78, 5) is 16.2. The minimum atomic E-state index is -0.254. The van der Waals surface area contributed by atoms with Crippen LogP contribution in [0.15, 0.2) is 36.5 Å². The molecule has 0 bridgehead atoms. The van der Waals surface area contributed by atoms with Crippen molar-refractivity contribution in [3.05, 3.63) is 57.8 Å². The number of hydrogen-bond donors (Lipinski definition) is 2. The number of benzene rings is 1. The van der Waals surface area contributed by atoms with Crippen molar-refractivity contribution in [3.8, 4) is 0 Å². The highest BCUT2D eigenvalue weighted by atomic mass is 35.5. The van der Waals surface area contributed by atoms with Gasteiger partial charge in [0.15, 0.2) is 0 Å². The molecule has 0 fully saturated rings. The standard InChI is InChI=1S/C15H15Cl2N3O/c1-9(12-5-3-10(16)7-13(12)17)20-15(21)14-6-4-11(18-2)8-19-14/h3-9,18H,1-2H3,(H,20,21). The first kappa shape index (κ1) is 15.6. The quantitative estimate of drug-likeness (QED) is 0.896. The average Bonchev–Trinajstić information content (AvgIpc) is 2.47. The number of halogens is 2. The van der Waals surface area contributed by atoms with Crippen LogP contribution in [0.2, 0.25) is 10.0 Å². The molecule has 0 saturated carbocycles. The Kier molecular flexibility index (Phi) is 5.04. The Morgan fingerprint density at radius 1 is 1.24 bits per heavy atom. The number of amides is 1. The number of aromatic nitrogens is 1. The number of nitrogens with one attached hydrogen (secondary N) is 2. The normalized spacial score (nSPS) is 11.8. The molecule has 1 aromatic carbocycles. The number of nitrogens with zero attached hydrogens (tertiary/aromatic N) is 1. The van der Waals surface area contributed by atoms with E-state index in [0.717, 1.165) is 11.3 Å². The summed E-state index contributed by atoms with van der Waals surface area (Å²) in [7, 11) is 1.79. The molecule has 0 aliphatic carbocycles. The van der Waals surface area contributed by atoms with Crippen molar-refractivity contribution in [3.63, 3.8) is 0 Å². The lowest BCUT2D eigenvalue weighted by molar-refractivity contribution is 0.0935. The van der Waals surface area contributed by atoms with Gasteiger partial charge < -0.3 is 10.6 Å². The van der Waals surface area contributed by atoms with Crippen LogP contribution in [-0.4, -0.2) is 17.9 Å². The third-order valence-electron chi connectivity index (χ3n) is 3.06. The Morgan fingerprint density at radius 3 is 2.57 bits per heavy atom. The van der Waals surface area contributed by atoms with E-state index in [4.69, 9.17) is 23.2 Å². The van der Waals surface area contributed by atoms with E-state index in [1.807, 2.05) is 6.92 Å². The number of anilines is 1. The van der Waals surface area contributed by atoms with E-state index in [1.165, 1.54) is 0 Å². The molecule has 0 radical (unpaired) electrons. The van der Waals surface area contributed by atoms with Crippen LogP contribution in [0.1, 0.15) is 29.0 Å². The highest BCUT2D eigenvalue weighted by Gasteiger charge is 2.15. The third kappa shape index (κ3) is 3.86. The summed E-state index contributed by atoms with van der Waals surface area (Å²) in [5.74, 6) is -0.254. The number of pyridine rings is 1. The van der Waals surface area contributed by atoms with Gasteiger partial charge in [0.1, 0.15) is 5.69 Å². The highest BCUT2D eigenvalue weighted by Crippen LogP contribution is 2.26. The van der Waals surface area contributed by atoms with Crippen LogP contribution in [0.25, 0.3) is 0 Å². The first-order valence-corrected chi connectivity index (χ1v) is 7.16. The smallest absolute Gasteiger partial charge is 0.270 e. The van der Waals surface area contributed by atoms with E-state index in [1.54, 1.807) is 43.6 Å². The molecule has 4 nitrogen and oxygen atoms in total. The molecule has 2 N–H and O–H groups in total. The van der Waals surface area contributed by atoms with Crippen LogP contribution < -0.4 is 10.6 Å². The first-order valence-electron chi connectivity index (χ1n) is 6.41. The van der Waals surface area contributed by atoms with Gasteiger partial charge in [0.2, 0.25) is 0 Å². The molecule has 1 amide bonds. The van der Waals surface area contributed by atoms with Gasteiger partial charge in [-0.3, -0.25) is 4.79 Å². The number of carbonyl (C=O) groups is 1. The molecule has 110 valence electrons. The molecule has 1 atom stereocenters. The summed E-state index contributed by atoms with van der Waals surface area (Å²) in [6, 6.07) is 8.41. The minimum Gasteiger partial charge on any atom is -0.387 e. The van der Waals surface area contributed by atoms with Gasteiger partial charge in [-0.1, -0.05) is 29.3 Å². The molecule has 6 heteroatoms. The lowest BCUT2D eigenvalue weighted by atomic mass is 10.1. The zero-order chi connectivity index (χ0) is 15.4. The fourth-order valence-electron chi connectivity index (χ4n) is 1.88. The SMILES string of the molecule is CNc1ccc(C(=O)NC(C)c2ccc(Cl)cc2Cl)nc1. The molecule has 21 heavy (non-hydrogen) atoms. The summed E-state index contributed by atoms with van der Waals surface area (Å²) < 4.78 is 0. The van der Waals surface area contributed by atoms with Crippen molar-refractivity contribution in [2.24, 2.45) is 0 Å². The lowest BCUT2D eigenvalue weighted by Crippen LogP contribution is -2.27. The summed E-state index contributed by atoms with van der Waals surface area (Å²) >= 11 is 12.0. The lowest BCUT2D eigenvalue weighted by Gasteiger charge is -2.15. The molecule has 1 unspecified atom stereocenters. The van der Waals surface area contributed by atoms with Gasteiger partial charge in [-0.2, -0.15) is 0 Å². The van der Waals surface area contributed by atoms with Gasteiger partial charge in [0, 0.05) is 17.1 Å². The van der Waals surface area contributed by atoms with Crippen molar-refractivity contribution >= 4 is 34.8 Å². The van der Waals surface area contributed by atoms with E-state index < -0.39 is 0 Å². The predicted octanol–water partition coefficient (Wildman–Crippen LogP) is 3.92. The minimum absolute atomic E-state index is 0.243. The van der Waals surface area contributed by atoms with Crippen LogP contribution in [0.4, 0.5) is 5.69 Å². The summed E-state index contributed by atoms with van der Waals surface area (Å²) in [6.07, 6.45) is 1.61. The average molecular weight is 324 g/mol. The van der Waals surface area contributed by atoms with Gasteiger partial charge in [0.25, 0.3) is 5.91 Å². The van der Waals surface area contributed by atoms with Crippen LogP contribution in [-0.2, 0) is 0 Å². The first-order chi connectivity index (χ1) is 10.0. The van der Waals surface area contributed by atoms with Crippen LogP contribution in [0.3, 0.4) is 0 Å². The second-order valence-corrected chi connectivity index (χ2v) is 5.39. The zero-order valence-corrected chi connectivity index (χ0v) is 13.2. The molecular weight excluding hydrogens is 309 g/mol. The van der Waals surface area contributed by atoms with Gasteiger partial charge in [-0.05, 0) is 36.8 Å². The van der Waals surface area contributed by atoms with Crippen LogP contribution in [0.5, 0.6) is 0 Å². The second kappa shape index (κ2) is 6.78. The van der Waals surface area contributed by atoms with E-state index in [9.17, 15) is 4.79 Å². The second-order valence-electron chi connectivity index (χ2n) is 4.54.